The van der Waals surface area contributed by atoms with E-state index in [1.54, 1.807) is 11.9 Å². The van der Waals surface area contributed by atoms with E-state index in [1.807, 2.05) is 66.4 Å². The molecule has 0 saturated carbocycles. The van der Waals surface area contributed by atoms with Gasteiger partial charge in [-0.25, -0.2) is 0 Å². The van der Waals surface area contributed by atoms with Gasteiger partial charge in [-0.05, 0) is 43.5 Å². The van der Waals surface area contributed by atoms with Crippen LogP contribution in [-0.4, -0.2) is 66.4 Å². The summed E-state index contributed by atoms with van der Waals surface area (Å²) in [5, 5.41) is 2.60. The highest BCUT2D eigenvalue weighted by Crippen LogP contribution is 2.39. The molecule has 2 aliphatic heterocycles. The second-order valence-corrected chi connectivity index (χ2v) is 8.22. The first-order valence-electron chi connectivity index (χ1n) is 10.6. The summed E-state index contributed by atoms with van der Waals surface area (Å²) in [4.78, 5) is 44.1. The summed E-state index contributed by atoms with van der Waals surface area (Å²) in [5.74, 6) is -0.222. The second kappa shape index (κ2) is 8.41. The Morgan fingerprint density at radius 1 is 1.00 bits per heavy atom. The number of likely N-dealkylation sites (N-methyl/N-ethyl adjacent to an activating group) is 1. The van der Waals surface area contributed by atoms with Crippen molar-refractivity contribution in [3.63, 3.8) is 0 Å². The molecule has 2 fully saturated rings. The molecule has 0 aromatic heterocycles. The molecule has 0 aliphatic carbocycles. The molecule has 0 atom stereocenters. The molecule has 1 spiro atoms. The lowest BCUT2D eigenvalue weighted by Gasteiger charge is -2.43. The fourth-order valence-corrected chi connectivity index (χ4v) is 4.64. The molecular formula is C24H28N4O3. The summed E-state index contributed by atoms with van der Waals surface area (Å²) < 4.78 is 0. The van der Waals surface area contributed by atoms with Crippen LogP contribution in [0.15, 0.2) is 54.6 Å². The number of aryl methyl sites for hydroxylation is 1. The maximum Gasteiger partial charge on any atom is 0.254 e. The van der Waals surface area contributed by atoms with Crippen molar-refractivity contribution in [1.29, 1.82) is 0 Å². The van der Waals surface area contributed by atoms with Gasteiger partial charge in [-0.3, -0.25) is 14.4 Å². The zero-order valence-electron chi connectivity index (χ0n) is 18.0. The number of piperidine rings is 1. The van der Waals surface area contributed by atoms with Crippen molar-refractivity contribution in [3.8, 4) is 0 Å². The predicted octanol–water partition coefficient (Wildman–Crippen LogP) is 2.02. The van der Waals surface area contributed by atoms with E-state index in [0.29, 0.717) is 38.2 Å². The van der Waals surface area contributed by atoms with Crippen LogP contribution >= 0.6 is 0 Å². The summed E-state index contributed by atoms with van der Waals surface area (Å²) in [5.41, 5.74) is 1.87. The van der Waals surface area contributed by atoms with E-state index in [0.717, 1.165) is 11.3 Å². The van der Waals surface area contributed by atoms with E-state index in [9.17, 15) is 14.4 Å². The molecule has 7 heteroatoms. The minimum atomic E-state index is -0.738. The molecule has 0 bridgehead atoms. The molecule has 2 aliphatic rings. The minimum absolute atomic E-state index is 0.00636. The first-order valence-corrected chi connectivity index (χ1v) is 10.6. The number of likely N-dealkylation sites (tertiary alicyclic amines) is 1. The van der Waals surface area contributed by atoms with Gasteiger partial charge >= 0.3 is 0 Å². The van der Waals surface area contributed by atoms with Crippen LogP contribution in [0.2, 0.25) is 0 Å². The van der Waals surface area contributed by atoms with Gasteiger partial charge in [0.25, 0.3) is 11.8 Å². The predicted molar refractivity (Wildman–Crippen MR) is 119 cm³/mol. The topological polar surface area (TPSA) is 73.0 Å². The van der Waals surface area contributed by atoms with Crippen LogP contribution in [0.1, 0.15) is 28.8 Å². The summed E-state index contributed by atoms with van der Waals surface area (Å²) in [6.45, 7) is 3.33. The zero-order valence-corrected chi connectivity index (χ0v) is 18.0. The number of carbonyl (C=O) groups excluding carboxylic acids is 3. The fraction of sp³-hybridized carbons (Fsp3) is 0.375. The number of nitrogens with zero attached hydrogens (tertiary/aromatic N) is 3. The molecule has 2 aromatic carbocycles. The number of rotatable bonds is 4. The average Bonchev–Trinajstić information content (AvgIpc) is 3.06. The Hall–Kier alpha value is -3.35. The van der Waals surface area contributed by atoms with E-state index in [2.05, 4.69) is 10.2 Å². The first kappa shape index (κ1) is 20.9. The quantitative estimate of drug-likeness (QED) is 0.822. The third-order valence-corrected chi connectivity index (χ3v) is 6.45. The second-order valence-electron chi connectivity index (χ2n) is 8.22. The van der Waals surface area contributed by atoms with E-state index in [1.165, 1.54) is 0 Å². The summed E-state index contributed by atoms with van der Waals surface area (Å²) in [7, 11) is 1.57. The lowest BCUT2D eigenvalue weighted by Crippen LogP contribution is -2.57. The van der Waals surface area contributed by atoms with Crippen LogP contribution < -0.4 is 10.2 Å². The van der Waals surface area contributed by atoms with E-state index >= 15 is 0 Å². The molecule has 4 rings (SSSR count). The summed E-state index contributed by atoms with van der Waals surface area (Å²) in [6, 6.07) is 17.4. The van der Waals surface area contributed by atoms with Crippen LogP contribution in [0.3, 0.4) is 0 Å². The Bertz CT molecular complexity index is 983. The van der Waals surface area contributed by atoms with E-state index in [-0.39, 0.29) is 24.3 Å². The van der Waals surface area contributed by atoms with Gasteiger partial charge in [0, 0.05) is 31.4 Å². The molecular weight excluding hydrogens is 392 g/mol. The Morgan fingerprint density at radius 2 is 1.65 bits per heavy atom. The normalized spacial score (nSPS) is 17.9. The van der Waals surface area contributed by atoms with Crippen LogP contribution in [0.25, 0.3) is 0 Å². The molecule has 2 aromatic rings. The van der Waals surface area contributed by atoms with Crippen molar-refractivity contribution >= 4 is 23.4 Å². The van der Waals surface area contributed by atoms with Crippen molar-refractivity contribution in [3.05, 3.63) is 65.7 Å². The van der Waals surface area contributed by atoms with Crippen LogP contribution in [-0.2, 0) is 9.59 Å². The Balaban J connectivity index is 1.58. The van der Waals surface area contributed by atoms with Gasteiger partial charge < -0.3 is 20.0 Å². The standard InChI is InChI=1S/C24H28N4O3/c1-18-8-6-7-11-20(18)22(30)26-14-12-24(13-15-26)23(31)27(16-21(29)25-2)17-28(24)19-9-4-3-5-10-19/h3-11H,12-17H2,1-2H3,(H,25,29). The lowest BCUT2D eigenvalue weighted by molar-refractivity contribution is -0.137. The molecule has 0 radical (unpaired) electrons. The molecule has 0 unspecified atom stereocenters. The van der Waals surface area contributed by atoms with Crippen molar-refractivity contribution < 1.29 is 14.4 Å². The lowest BCUT2D eigenvalue weighted by atomic mass is 9.85. The fourth-order valence-electron chi connectivity index (χ4n) is 4.64. The molecule has 3 amide bonds. The highest BCUT2D eigenvalue weighted by molar-refractivity contribution is 5.98. The number of benzene rings is 2. The first-order chi connectivity index (χ1) is 15.0. The van der Waals surface area contributed by atoms with Crippen molar-refractivity contribution in [2.24, 2.45) is 0 Å². The Labute approximate surface area is 182 Å². The molecule has 2 saturated heterocycles. The number of hydrogen-bond donors (Lipinski definition) is 1. The number of anilines is 1. The average molecular weight is 421 g/mol. The smallest absolute Gasteiger partial charge is 0.254 e. The van der Waals surface area contributed by atoms with Gasteiger partial charge in [0.2, 0.25) is 5.91 Å². The minimum Gasteiger partial charge on any atom is -0.358 e. The molecule has 1 N–H and O–H groups in total. The third-order valence-electron chi connectivity index (χ3n) is 6.45. The summed E-state index contributed by atoms with van der Waals surface area (Å²) in [6.07, 6.45) is 1.06. The van der Waals surface area contributed by atoms with Gasteiger partial charge in [0.05, 0.1) is 6.67 Å². The monoisotopic (exact) mass is 420 g/mol. The molecule has 162 valence electrons. The van der Waals surface area contributed by atoms with Gasteiger partial charge in [-0.2, -0.15) is 0 Å². The van der Waals surface area contributed by atoms with Gasteiger partial charge in [-0.1, -0.05) is 36.4 Å². The highest BCUT2D eigenvalue weighted by Gasteiger charge is 2.54. The third kappa shape index (κ3) is 3.76. The van der Waals surface area contributed by atoms with Crippen molar-refractivity contribution in [2.75, 3.05) is 38.3 Å². The van der Waals surface area contributed by atoms with E-state index in [4.69, 9.17) is 0 Å². The number of nitrogens with one attached hydrogen (secondary N) is 1. The van der Waals surface area contributed by atoms with Crippen molar-refractivity contribution in [2.45, 2.75) is 25.3 Å². The molecule has 7 nitrogen and oxygen atoms in total. The maximum atomic E-state index is 13.5. The summed E-state index contributed by atoms with van der Waals surface area (Å²) >= 11 is 0. The highest BCUT2D eigenvalue weighted by atomic mass is 16.2. The number of amides is 3. The van der Waals surface area contributed by atoms with Crippen LogP contribution in [0.4, 0.5) is 5.69 Å². The SMILES string of the molecule is CNC(=O)CN1CN(c2ccccc2)C2(CCN(C(=O)c3ccccc3C)CC2)C1=O. The van der Waals surface area contributed by atoms with Crippen LogP contribution in [0, 0.1) is 6.92 Å². The van der Waals surface area contributed by atoms with Crippen molar-refractivity contribution in [1.82, 2.24) is 15.1 Å². The number of para-hydroxylation sites is 1. The van der Waals surface area contributed by atoms with Crippen LogP contribution in [0.5, 0.6) is 0 Å². The molecule has 2 heterocycles. The van der Waals surface area contributed by atoms with Gasteiger partial charge in [0.1, 0.15) is 12.1 Å². The zero-order chi connectivity index (χ0) is 22.0. The van der Waals surface area contributed by atoms with E-state index < -0.39 is 5.54 Å². The largest absolute Gasteiger partial charge is 0.358 e. The van der Waals surface area contributed by atoms with Gasteiger partial charge in [-0.15, -0.1) is 0 Å². The maximum absolute atomic E-state index is 13.5. The number of carbonyl (C=O) groups is 3. The van der Waals surface area contributed by atoms with Gasteiger partial charge in [0.15, 0.2) is 0 Å². The number of hydrogen-bond acceptors (Lipinski definition) is 4. The Kier molecular flexibility index (Phi) is 5.67. The Morgan fingerprint density at radius 3 is 2.29 bits per heavy atom. The molecule has 31 heavy (non-hydrogen) atoms.